The monoisotopic (exact) mass is 328 g/mol. The van der Waals surface area contributed by atoms with Gasteiger partial charge in [-0.25, -0.2) is 0 Å². The predicted molar refractivity (Wildman–Crippen MR) is 96.8 cm³/mol. The van der Waals surface area contributed by atoms with E-state index >= 15 is 0 Å². The zero-order chi connectivity index (χ0) is 17.1. The Morgan fingerprint density at radius 2 is 2.08 bits per heavy atom. The summed E-state index contributed by atoms with van der Waals surface area (Å²) in [6.07, 6.45) is 4.84. The van der Waals surface area contributed by atoms with Gasteiger partial charge in [0.15, 0.2) is 0 Å². The van der Waals surface area contributed by atoms with E-state index in [1.165, 1.54) is 19.3 Å². The Morgan fingerprint density at radius 1 is 1.33 bits per heavy atom. The van der Waals surface area contributed by atoms with Crippen LogP contribution in [0.4, 0.5) is 0 Å². The minimum atomic E-state index is 0.0620. The minimum absolute atomic E-state index is 0.0620. The molecule has 1 heterocycles. The molecule has 0 saturated heterocycles. The molecule has 2 aromatic rings. The van der Waals surface area contributed by atoms with Crippen molar-refractivity contribution in [2.45, 2.75) is 51.6 Å². The number of rotatable bonds is 5. The molecule has 1 N–H and O–H groups in total. The number of benzene rings is 1. The first-order valence-electron chi connectivity index (χ1n) is 9.02. The van der Waals surface area contributed by atoms with Gasteiger partial charge in [0, 0.05) is 11.4 Å². The lowest BCUT2D eigenvalue weighted by Gasteiger charge is -2.30. The van der Waals surface area contributed by atoms with E-state index in [9.17, 15) is 4.79 Å². The third kappa shape index (κ3) is 3.81. The summed E-state index contributed by atoms with van der Waals surface area (Å²) in [5.41, 5.74) is 0.897. The van der Waals surface area contributed by atoms with Crippen molar-refractivity contribution in [1.29, 1.82) is 0 Å². The molecular weight excluding hydrogens is 300 g/mol. The lowest BCUT2D eigenvalue weighted by Crippen LogP contribution is -2.45. The van der Waals surface area contributed by atoms with Gasteiger partial charge in [0.2, 0.25) is 5.91 Å². The summed E-state index contributed by atoms with van der Waals surface area (Å²) < 4.78 is 5.93. The molecule has 1 saturated carbocycles. The summed E-state index contributed by atoms with van der Waals surface area (Å²) in [7, 11) is 1.97. The van der Waals surface area contributed by atoms with E-state index in [-0.39, 0.29) is 11.9 Å². The maximum absolute atomic E-state index is 12.4. The van der Waals surface area contributed by atoms with Crippen LogP contribution in [-0.2, 0) is 4.79 Å². The Bertz CT molecular complexity index is 661. The van der Waals surface area contributed by atoms with Gasteiger partial charge in [0.25, 0.3) is 0 Å². The van der Waals surface area contributed by atoms with E-state index in [2.05, 4.69) is 25.2 Å². The third-order valence-corrected chi connectivity index (χ3v) is 5.37. The van der Waals surface area contributed by atoms with Gasteiger partial charge in [-0.05, 0) is 44.9 Å². The highest BCUT2D eigenvalue weighted by molar-refractivity contribution is 5.79. The molecule has 1 fully saturated rings. The van der Waals surface area contributed by atoms with Crippen molar-refractivity contribution < 1.29 is 9.21 Å². The maximum atomic E-state index is 12.4. The molecule has 1 amide bonds. The van der Waals surface area contributed by atoms with Crippen molar-refractivity contribution in [3.05, 3.63) is 36.1 Å². The Hall–Kier alpha value is -1.81. The fourth-order valence-corrected chi connectivity index (χ4v) is 3.57. The summed E-state index contributed by atoms with van der Waals surface area (Å²) in [6, 6.07) is 10.5. The van der Waals surface area contributed by atoms with Crippen LogP contribution in [-0.4, -0.2) is 30.4 Å². The quantitative estimate of drug-likeness (QED) is 0.898. The van der Waals surface area contributed by atoms with Crippen molar-refractivity contribution in [1.82, 2.24) is 10.2 Å². The number of para-hydroxylation sites is 1. The van der Waals surface area contributed by atoms with Crippen LogP contribution in [0, 0.1) is 5.92 Å². The molecule has 1 aliphatic rings. The van der Waals surface area contributed by atoms with Crippen molar-refractivity contribution >= 4 is 16.9 Å². The van der Waals surface area contributed by atoms with Crippen LogP contribution in [0.3, 0.4) is 0 Å². The van der Waals surface area contributed by atoms with Crippen LogP contribution >= 0.6 is 0 Å². The topological polar surface area (TPSA) is 45.5 Å². The van der Waals surface area contributed by atoms with E-state index in [4.69, 9.17) is 4.42 Å². The molecule has 3 atom stereocenters. The third-order valence-electron chi connectivity index (χ3n) is 5.37. The Morgan fingerprint density at radius 3 is 2.83 bits per heavy atom. The highest BCUT2D eigenvalue weighted by Crippen LogP contribution is 2.27. The van der Waals surface area contributed by atoms with Gasteiger partial charge in [-0.3, -0.25) is 9.69 Å². The van der Waals surface area contributed by atoms with Gasteiger partial charge in [0.05, 0.1) is 12.6 Å². The number of nitrogens with zero attached hydrogens (tertiary/aromatic N) is 1. The SMILES string of the molecule is C[C@@H]1CCCC[C@@H]1NC(=O)CN(C)[C@H](C)c1cc2ccccc2o1. The number of carbonyl (C=O) groups excluding carboxylic acids is 1. The summed E-state index contributed by atoms with van der Waals surface area (Å²) in [5, 5.41) is 4.33. The smallest absolute Gasteiger partial charge is 0.234 e. The average Bonchev–Trinajstić information content (AvgIpc) is 3.00. The number of amides is 1. The van der Waals surface area contributed by atoms with Gasteiger partial charge in [-0.2, -0.15) is 0 Å². The Balaban J connectivity index is 1.58. The number of nitrogens with one attached hydrogen (secondary N) is 1. The molecule has 130 valence electrons. The van der Waals surface area contributed by atoms with E-state index in [1.54, 1.807) is 0 Å². The molecule has 3 rings (SSSR count). The molecule has 4 nitrogen and oxygen atoms in total. The highest BCUT2D eigenvalue weighted by Gasteiger charge is 2.24. The lowest BCUT2D eigenvalue weighted by molar-refractivity contribution is -0.123. The van der Waals surface area contributed by atoms with Gasteiger partial charge < -0.3 is 9.73 Å². The van der Waals surface area contributed by atoms with Crippen molar-refractivity contribution in [3.63, 3.8) is 0 Å². The molecule has 0 bridgehead atoms. The molecule has 0 radical (unpaired) electrons. The number of likely N-dealkylation sites (N-methyl/N-ethyl adjacent to an activating group) is 1. The van der Waals surface area contributed by atoms with Gasteiger partial charge in [-0.1, -0.05) is 38.0 Å². The fourth-order valence-electron chi connectivity index (χ4n) is 3.57. The average molecular weight is 328 g/mol. The molecule has 1 aliphatic carbocycles. The molecule has 0 spiro atoms. The first kappa shape index (κ1) is 17.0. The molecule has 4 heteroatoms. The van der Waals surface area contributed by atoms with Crippen molar-refractivity contribution in [2.24, 2.45) is 5.92 Å². The summed E-state index contributed by atoms with van der Waals surface area (Å²) >= 11 is 0. The van der Waals surface area contributed by atoms with Crippen LogP contribution in [0.2, 0.25) is 0 Å². The minimum Gasteiger partial charge on any atom is -0.459 e. The largest absolute Gasteiger partial charge is 0.459 e. The van der Waals surface area contributed by atoms with E-state index < -0.39 is 0 Å². The fraction of sp³-hybridized carbons (Fsp3) is 0.550. The first-order chi connectivity index (χ1) is 11.5. The second-order valence-electron chi connectivity index (χ2n) is 7.21. The van der Waals surface area contributed by atoms with Crippen LogP contribution < -0.4 is 5.32 Å². The molecular formula is C20H28N2O2. The number of furan rings is 1. The van der Waals surface area contributed by atoms with Gasteiger partial charge in [0.1, 0.15) is 11.3 Å². The number of hydrogen-bond donors (Lipinski definition) is 1. The number of carbonyl (C=O) groups is 1. The highest BCUT2D eigenvalue weighted by atomic mass is 16.3. The van der Waals surface area contributed by atoms with Crippen molar-refractivity contribution in [2.75, 3.05) is 13.6 Å². The normalized spacial score (nSPS) is 22.7. The molecule has 1 aromatic carbocycles. The Kier molecular flexibility index (Phi) is 5.24. The van der Waals surface area contributed by atoms with Crippen molar-refractivity contribution in [3.8, 4) is 0 Å². The standard InChI is InChI=1S/C20H28N2O2/c1-14-8-4-6-10-17(14)21-20(23)13-22(3)15(2)19-12-16-9-5-7-11-18(16)24-19/h5,7,9,11-12,14-15,17H,4,6,8,10,13H2,1-3H3,(H,21,23)/t14-,15-,17+/m1/s1. The zero-order valence-corrected chi connectivity index (χ0v) is 14.9. The molecule has 0 aliphatic heterocycles. The van der Waals surface area contributed by atoms with E-state index in [1.807, 2.05) is 36.2 Å². The van der Waals surface area contributed by atoms with Crippen LogP contribution in [0.15, 0.2) is 34.7 Å². The molecule has 24 heavy (non-hydrogen) atoms. The molecule has 0 unspecified atom stereocenters. The van der Waals surface area contributed by atoms with Crippen LogP contribution in [0.5, 0.6) is 0 Å². The first-order valence-corrected chi connectivity index (χ1v) is 9.02. The zero-order valence-electron chi connectivity index (χ0n) is 14.9. The summed E-state index contributed by atoms with van der Waals surface area (Å²) in [4.78, 5) is 14.4. The second-order valence-corrected chi connectivity index (χ2v) is 7.21. The second kappa shape index (κ2) is 7.39. The van der Waals surface area contributed by atoms with Crippen LogP contribution in [0.1, 0.15) is 51.3 Å². The van der Waals surface area contributed by atoms with Gasteiger partial charge >= 0.3 is 0 Å². The summed E-state index contributed by atoms with van der Waals surface area (Å²) in [6.45, 7) is 4.71. The lowest BCUT2D eigenvalue weighted by atomic mass is 9.86. The van der Waals surface area contributed by atoms with E-state index in [0.29, 0.717) is 18.5 Å². The Labute approximate surface area is 144 Å². The van der Waals surface area contributed by atoms with Crippen LogP contribution in [0.25, 0.3) is 11.0 Å². The molecule has 1 aromatic heterocycles. The maximum Gasteiger partial charge on any atom is 0.234 e. The number of fused-ring (bicyclic) bond motifs is 1. The number of hydrogen-bond acceptors (Lipinski definition) is 3. The summed E-state index contributed by atoms with van der Waals surface area (Å²) in [5.74, 6) is 1.59. The van der Waals surface area contributed by atoms with Gasteiger partial charge in [-0.15, -0.1) is 0 Å². The van der Waals surface area contributed by atoms with E-state index in [0.717, 1.165) is 23.2 Å². The predicted octanol–water partition coefficient (Wildman–Crippen LogP) is 4.12.